The smallest absolute Gasteiger partial charge is 0.262 e. The number of pyridine rings is 1. The molecule has 4 rings (SSSR count). The number of benzene rings is 2. The van der Waals surface area contributed by atoms with Gasteiger partial charge in [-0.3, -0.25) is 9.59 Å². The van der Waals surface area contributed by atoms with E-state index < -0.39 is 0 Å². The lowest BCUT2D eigenvalue weighted by atomic mass is 10.2. The van der Waals surface area contributed by atoms with Crippen molar-refractivity contribution in [3.8, 4) is 17.2 Å². The van der Waals surface area contributed by atoms with E-state index in [1.165, 1.54) is 10.6 Å². The zero-order chi connectivity index (χ0) is 18.8. The number of fused-ring (bicyclic) bond motifs is 2. The zero-order valence-corrected chi connectivity index (χ0v) is 14.7. The number of ether oxygens (including phenoxy) is 3. The summed E-state index contributed by atoms with van der Waals surface area (Å²) in [6.07, 6.45) is 0. The van der Waals surface area contributed by atoms with E-state index in [4.69, 9.17) is 14.2 Å². The van der Waals surface area contributed by atoms with Crippen molar-refractivity contribution in [2.24, 2.45) is 7.05 Å². The number of carbonyl (C=O) groups excluding carboxylic acids is 1. The minimum Gasteiger partial charge on any atom is -0.486 e. The topological polar surface area (TPSA) is 78.8 Å². The molecule has 27 heavy (non-hydrogen) atoms. The molecule has 7 heteroatoms. The highest BCUT2D eigenvalue weighted by Crippen LogP contribution is 2.32. The Balaban J connectivity index is 1.48. The monoisotopic (exact) mass is 366 g/mol. The van der Waals surface area contributed by atoms with Crippen LogP contribution in [0.25, 0.3) is 10.9 Å². The first-order valence-electron chi connectivity index (χ1n) is 8.53. The predicted molar refractivity (Wildman–Crippen MR) is 101 cm³/mol. The van der Waals surface area contributed by atoms with Crippen molar-refractivity contribution in [2.75, 3.05) is 25.1 Å². The van der Waals surface area contributed by atoms with Gasteiger partial charge in [0, 0.05) is 30.3 Å². The van der Waals surface area contributed by atoms with E-state index >= 15 is 0 Å². The maximum Gasteiger partial charge on any atom is 0.262 e. The Hall–Kier alpha value is -3.48. The molecule has 0 saturated heterocycles. The molecule has 1 aromatic heterocycles. The number of aryl methyl sites for hydroxylation is 1. The molecular weight excluding hydrogens is 348 g/mol. The van der Waals surface area contributed by atoms with Crippen LogP contribution in [0.15, 0.2) is 53.3 Å². The molecule has 1 aliphatic heterocycles. The molecule has 0 atom stereocenters. The molecule has 2 aromatic carbocycles. The molecule has 138 valence electrons. The second kappa shape index (κ2) is 7.03. The van der Waals surface area contributed by atoms with E-state index in [-0.39, 0.29) is 18.1 Å². The molecule has 1 amide bonds. The minimum absolute atomic E-state index is 0.198. The standard InChI is InChI=1S/C20H18N2O5/c1-22-15-5-3-2-4-14(15)17(11-20(22)24)27-12-19(23)21-13-6-7-16-18(10-13)26-9-8-25-16/h2-7,10-11H,8-9,12H2,1H3,(H,21,23). The number of hydrogen-bond acceptors (Lipinski definition) is 5. The first-order valence-corrected chi connectivity index (χ1v) is 8.53. The number of hydrogen-bond donors (Lipinski definition) is 1. The van der Waals surface area contributed by atoms with Crippen LogP contribution in [-0.2, 0) is 11.8 Å². The summed E-state index contributed by atoms with van der Waals surface area (Å²) in [5.41, 5.74) is 1.13. The van der Waals surface area contributed by atoms with Gasteiger partial charge in [-0.15, -0.1) is 0 Å². The lowest BCUT2D eigenvalue weighted by molar-refractivity contribution is -0.118. The van der Waals surface area contributed by atoms with Gasteiger partial charge in [-0.05, 0) is 24.3 Å². The molecule has 0 fully saturated rings. The third-order valence-electron chi connectivity index (χ3n) is 4.30. The zero-order valence-electron chi connectivity index (χ0n) is 14.7. The number of anilines is 1. The van der Waals surface area contributed by atoms with E-state index in [1.807, 2.05) is 24.3 Å². The van der Waals surface area contributed by atoms with Crippen molar-refractivity contribution < 1.29 is 19.0 Å². The van der Waals surface area contributed by atoms with Gasteiger partial charge in [0.15, 0.2) is 18.1 Å². The largest absolute Gasteiger partial charge is 0.486 e. The summed E-state index contributed by atoms with van der Waals surface area (Å²) in [6, 6.07) is 14.0. The lowest BCUT2D eigenvalue weighted by Gasteiger charge is -2.19. The van der Waals surface area contributed by atoms with Crippen LogP contribution >= 0.6 is 0 Å². The van der Waals surface area contributed by atoms with Crippen LogP contribution in [0, 0.1) is 0 Å². The Morgan fingerprint density at radius 2 is 1.89 bits per heavy atom. The molecule has 0 spiro atoms. The van der Waals surface area contributed by atoms with Crippen LogP contribution in [0.5, 0.6) is 17.2 Å². The predicted octanol–water partition coefficient (Wildman–Crippen LogP) is 2.33. The average molecular weight is 366 g/mol. The van der Waals surface area contributed by atoms with Crippen molar-refractivity contribution in [1.82, 2.24) is 4.57 Å². The van der Waals surface area contributed by atoms with E-state index in [2.05, 4.69) is 5.32 Å². The van der Waals surface area contributed by atoms with Gasteiger partial charge in [-0.2, -0.15) is 0 Å². The Labute approximate surface area is 155 Å². The summed E-state index contributed by atoms with van der Waals surface area (Å²) in [6.45, 7) is 0.770. The summed E-state index contributed by atoms with van der Waals surface area (Å²) in [7, 11) is 1.70. The highest BCUT2D eigenvalue weighted by atomic mass is 16.6. The Morgan fingerprint density at radius 3 is 2.74 bits per heavy atom. The molecule has 7 nitrogen and oxygen atoms in total. The molecule has 0 radical (unpaired) electrons. The van der Waals surface area contributed by atoms with Gasteiger partial charge in [0.05, 0.1) is 5.52 Å². The summed E-state index contributed by atoms with van der Waals surface area (Å²) in [4.78, 5) is 24.3. The Kier molecular flexibility index (Phi) is 4.42. The molecule has 0 aliphatic carbocycles. The van der Waals surface area contributed by atoms with Crippen molar-refractivity contribution in [3.05, 3.63) is 58.9 Å². The minimum atomic E-state index is -0.337. The second-order valence-corrected chi connectivity index (χ2v) is 6.12. The van der Waals surface area contributed by atoms with Crippen LogP contribution in [0.2, 0.25) is 0 Å². The molecule has 1 aliphatic rings. The van der Waals surface area contributed by atoms with Gasteiger partial charge in [-0.25, -0.2) is 0 Å². The number of nitrogens with one attached hydrogen (secondary N) is 1. The lowest BCUT2D eigenvalue weighted by Crippen LogP contribution is -2.22. The maximum absolute atomic E-state index is 12.3. The fourth-order valence-electron chi connectivity index (χ4n) is 2.96. The Bertz CT molecular complexity index is 1070. The van der Waals surface area contributed by atoms with E-state index in [1.54, 1.807) is 25.2 Å². The molecule has 1 N–H and O–H groups in total. The van der Waals surface area contributed by atoms with Crippen LogP contribution in [0.3, 0.4) is 0 Å². The highest BCUT2D eigenvalue weighted by molar-refractivity contribution is 5.93. The third-order valence-corrected chi connectivity index (χ3v) is 4.30. The maximum atomic E-state index is 12.3. The molecule has 3 aromatic rings. The number of nitrogens with zero attached hydrogens (tertiary/aromatic N) is 1. The summed E-state index contributed by atoms with van der Waals surface area (Å²) < 4.78 is 18.1. The van der Waals surface area contributed by atoms with Crippen molar-refractivity contribution in [3.63, 3.8) is 0 Å². The first kappa shape index (κ1) is 17.0. The van der Waals surface area contributed by atoms with Crippen LogP contribution in [0.1, 0.15) is 0 Å². The number of para-hydroxylation sites is 1. The number of carbonyl (C=O) groups is 1. The summed E-state index contributed by atoms with van der Waals surface area (Å²) >= 11 is 0. The summed E-state index contributed by atoms with van der Waals surface area (Å²) in [5, 5.41) is 3.52. The van der Waals surface area contributed by atoms with Gasteiger partial charge in [-0.1, -0.05) is 12.1 Å². The Morgan fingerprint density at radius 1 is 1.11 bits per heavy atom. The van der Waals surface area contributed by atoms with Crippen molar-refractivity contribution in [2.45, 2.75) is 0 Å². The van der Waals surface area contributed by atoms with Crippen LogP contribution in [0.4, 0.5) is 5.69 Å². The second-order valence-electron chi connectivity index (χ2n) is 6.12. The number of rotatable bonds is 4. The van der Waals surface area contributed by atoms with Crippen LogP contribution in [-0.4, -0.2) is 30.3 Å². The van der Waals surface area contributed by atoms with E-state index in [0.29, 0.717) is 36.1 Å². The van der Waals surface area contributed by atoms with Crippen molar-refractivity contribution in [1.29, 1.82) is 0 Å². The van der Waals surface area contributed by atoms with Gasteiger partial charge in [0.2, 0.25) is 0 Å². The van der Waals surface area contributed by atoms with Gasteiger partial charge < -0.3 is 24.1 Å². The number of amides is 1. The first-order chi connectivity index (χ1) is 13.1. The van der Waals surface area contributed by atoms with E-state index in [0.717, 1.165) is 10.9 Å². The van der Waals surface area contributed by atoms with Gasteiger partial charge in [0.25, 0.3) is 11.5 Å². The molecule has 2 heterocycles. The molecule has 0 unspecified atom stereocenters. The van der Waals surface area contributed by atoms with Crippen LogP contribution < -0.4 is 25.1 Å². The van der Waals surface area contributed by atoms with Gasteiger partial charge >= 0.3 is 0 Å². The fourth-order valence-corrected chi connectivity index (χ4v) is 2.96. The SMILES string of the molecule is Cn1c(=O)cc(OCC(=O)Nc2ccc3c(c2)OCCO3)c2ccccc21. The highest BCUT2D eigenvalue weighted by Gasteiger charge is 2.14. The third kappa shape index (κ3) is 3.44. The van der Waals surface area contributed by atoms with Crippen molar-refractivity contribution >= 4 is 22.5 Å². The average Bonchev–Trinajstić information content (AvgIpc) is 2.69. The molecule has 0 bridgehead atoms. The quantitative estimate of drug-likeness (QED) is 0.767. The molecule has 0 saturated carbocycles. The molecular formula is C20H18N2O5. The fraction of sp³-hybridized carbons (Fsp3) is 0.200. The van der Waals surface area contributed by atoms with Gasteiger partial charge in [0.1, 0.15) is 19.0 Å². The normalized spacial score (nSPS) is 12.6. The van der Waals surface area contributed by atoms with E-state index in [9.17, 15) is 9.59 Å². The summed E-state index contributed by atoms with van der Waals surface area (Å²) in [5.74, 6) is 1.29. The number of aromatic nitrogens is 1.